The summed E-state index contributed by atoms with van der Waals surface area (Å²) < 4.78 is 0. The average Bonchev–Trinajstić information content (AvgIpc) is 2.25. The molecule has 0 amide bonds. The number of nitrogens with two attached hydrogens (primary N) is 1. The molecule has 1 aromatic rings. The number of para-hydroxylation sites is 1. The van der Waals surface area contributed by atoms with Crippen LogP contribution in [-0.4, -0.2) is 33.2 Å². The molecule has 15 heavy (non-hydrogen) atoms. The Morgan fingerprint density at radius 2 is 1.80 bits per heavy atom. The molecule has 1 aliphatic heterocycles. The lowest BCUT2D eigenvalue weighted by atomic mass is 10.1. The first kappa shape index (κ1) is 10.5. The van der Waals surface area contributed by atoms with E-state index >= 15 is 0 Å². The molecule has 0 radical (unpaired) electrons. The zero-order valence-corrected chi connectivity index (χ0v) is 9.42. The summed E-state index contributed by atoms with van der Waals surface area (Å²) in [6.45, 7) is 6.17. The van der Waals surface area contributed by atoms with E-state index in [4.69, 9.17) is 5.73 Å². The summed E-state index contributed by atoms with van der Waals surface area (Å²) in [6, 6.07) is 8.22. The summed E-state index contributed by atoms with van der Waals surface area (Å²) in [6.07, 6.45) is 0. The third-order valence-corrected chi connectivity index (χ3v) is 3.31. The van der Waals surface area contributed by atoms with E-state index in [9.17, 15) is 0 Å². The quantitative estimate of drug-likeness (QED) is 0.491. The zero-order chi connectivity index (χ0) is 10.7. The van der Waals surface area contributed by atoms with Crippen LogP contribution in [0.2, 0.25) is 0 Å². The summed E-state index contributed by atoms with van der Waals surface area (Å²) in [5, 5.41) is 0. The molecule has 0 spiro atoms. The second-order valence-electron chi connectivity index (χ2n) is 4.58. The maximum absolute atomic E-state index is 5.95. The number of rotatable bonds is 2. The van der Waals surface area contributed by atoms with E-state index in [0.29, 0.717) is 0 Å². The molecule has 0 aromatic heterocycles. The lowest BCUT2D eigenvalue weighted by Crippen LogP contribution is -3.26. The fraction of sp³-hybridized carbons (Fsp3) is 0.500. The molecule has 0 bridgehead atoms. The Morgan fingerprint density at radius 3 is 2.47 bits per heavy atom. The third-order valence-electron chi connectivity index (χ3n) is 3.31. The van der Waals surface area contributed by atoms with Gasteiger partial charge in [0.1, 0.15) is 32.7 Å². The van der Waals surface area contributed by atoms with Crippen molar-refractivity contribution in [2.75, 3.05) is 39.0 Å². The lowest BCUT2D eigenvalue weighted by Gasteiger charge is -2.27. The molecule has 3 nitrogen and oxygen atoms in total. The van der Waals surface area contributed by atoms with Crippen LogP contribution >= 0.6 is 0 Å². The van der Waals surface area contributed by atoms with E-state index in [1.807, 2.05) is 12.1 Å². The van der Waals surface area contributed by atoms with Gasteiger partial charge in [0.25, 0.3) is 0 Å². The number of quaternary nitrogens is 2. The number of nitrogens with one attached hydrogen (secondary N) is 2. The second-order valence-corrected chi connectivity index (χ2v) is 4.58. The van der Waals surface area contributed by atoms with Gasteiger partial charge in [-0.3, -0.25) is 0 Å². The maximum Gasteiger partial charge on any atom is 0.127 e. The van der Waals surface area contributed by atoms with Crippen LogP contribution < -0.4 is 15.5 Å². The molecule has 1 fully saturated rings. The molecule has 3 heteroatoms. The summed E-state index contributed by atoms with van der Waals surface area (Å²) in [5.74, 6) is 0. The van der Waals surface area contributed by atoms with E-state index < -0.39 is 0 Å². The molecular weight excluding hydrogens is 186 g/mol. The van der Waals surface area contributed by atoms with Gasteiger partial charge < -0.3 is 15.5 Å². The van der Waals surface area contributed by atoms with Crippen molar-refractivity contribution >= 4 is 5.69 Å². The number of likely N-dealkylation sites (N-methyl/N-ethyl adjacent to an activating group) is 1. The highest BCUT2D eigenvalue weighted by Crippen LogP contribution is 2.08. The minimum absolute atomic E-state index is 0.941. The second kappa shape index (κ2) is 4.64. The van der Waals surface area contributed by atoms with Crippen LogP contribution in [0.1, 0.15) is 5.56 Å². The predicted molar refractivity (Wildman–Crippen MR) is 61.9 cm³/mol. The van der Waals surface area contributed by atoms with Crippen LogP contribution in [-0.2, 0) is 6.54 Å². The third kappa shape index (κ3) is 2.70. The SMILES string of the molecule is C[NH+]1CC[NH+](Cc2ccccc2N)CC1. The maximum atomic E-state index is 5.95. The van der Waals surface area contributed by atoms with Crippen molar-refractivity contribution in [1.82, 2.24) is 0 Å². The number of anilines is 1. The Bertz CT molecular complexity index is 316. The van der Waals surface area contributed by atoms with Crippen molar-refractivity contribution in [2.24, 2.45) is 0 Å². The molecule has 0 aliphatic carbocycles. The number of hydrogen-bond acceptors (Lipinski definition) is 1. The molecular formula is C12H21N3+2. The monoisotopic (exact) mass is 207 g/mol. The van der Waals surface area contributed by atoms with Crippen molar-refractivity contribution < 1.29 is 9.80 Å². The van der Waals surface area contributed by atoms with Gasteiger partial charge in [-0.05, 0) is 6.07 Å². The summed E-state index contributed by atoms with van der Waals surface area (Å²) in [4.78, 5) is 3.32. The fourth-order valence-corrected chi connectivity index (χ4v) is 2.17. The zero-order valence-electron chi connectivity index (χ0n) is 9.42. The van der Waals surface area contributed by atoms with Crippen molar-refractivity contribution in [2.45, 2.75) is 6.54 Å². The van der Waals surface area contributed by atoms with E-state index in [-0.39, 0.29) is 0 Å². The van der Waals surface area contributed by atoms with Gasteiger partial charge in [0.2, 0.25) is 0 Å². The minimum Gasteiger partial charge on any atom is -0.398 e. The first-order chi connectivity index (χ1) is 7.25. The topological polar surface area (TPSA) is 34.9 Å². The van der Waals surface area contributed by atoms with E-state index in [0.717, 1.165) is 12.2 Å². The summed E-state index contributed by atoms with van der Waals surface area (Å²) >= 11 is 0. The first-order valence-corrected chi connectivity index (χ1v) is 5.74. The normalized spacial score (nSPS) is 26.5. The molecule has 1 saturated heterocycles. The average molecular weight is 207 g/mol. The molecule has 1 aliphatic rings. The minimum atomic E-state index is 0.941. The Kier molecular flexibility index (Phi) is 3.23. The van der Waals surface area contributed by atoms with Crippen molar-refractivity contribution in [3.63, 3.8) is 0 Å². The predicted octanol–water partition coefficient (Wildman–Crippen LogP) is -1.82. The summed E-state index contributed by atoms with van der Waals surface area (Å²) in [5.41, 5.74) is 8.19. The Morgan fingerprint density at radius 1 is 1.13 bits per heavy atom. The molecule has 1 aromatic carbocycles. The van der Waals surface area contributed by atoms with Crippen LogP contribution in [0.25, 0.3) is 0 Å². The lowest BCUT2D eigenvalue weighted by molar-refractivity contribution is -1.01. The van der Waals surface area contributed by atoms with Crippen molar-refractivity contribution in [3.8, 4) is 0 Å². The number of piperazine rings is 1. The standard InChI is InChI=1S/C12H19N3/c1-14-6-8-15(9-7-14)10-11-4-2-3-5-12(11)13/h2-5H,6-10,13H2,1H3/p+2. The Labute approximate surface area is 91.5 Å². The van der Waals surface area contributed by atoms with Crippen LogP contribution in [0.3, 0.4) is 0 Å². The first-order valence-electron chi connectivity index (χ1n) is 5.74. The van der Waals surface area contributed by atoms with Crippen LogP contribution in [0, 0.1) is 0 Å². The molecule has 0 unspecified atom stereocenters. The molecule has 4 N–H and O–H groups in total. The van der Waals surface area contributed by atoms with Gasteiger partial charge in [-0.2, -0.15) is 0 Å². The number of nitrogen functional groups attached to an aromatic ring is 1. The largest absolute Gasteiger partial charge is 0.398 e. The van der Waals surface area contributed by atoms with Crippen LogP contribution in [0.5, 0.6) is 0 Å². The van der Waals surface area contributed by atoms with Gasteiger partial charge >= 0.3 is 0 Å². The van der Waals surface area contributed by atoms with Gasteiger partial charge in [0, 0.05) is 11.3 Å². The van der Waals surface area contributed by atoms with Crippen molar-refractivity contribution in [3.05, 3.63) is 29.8 Å². The smallest absolute Gasteiger partial charge is 0.127 e. The number of hydrogen-bond donors (Lipinski definition) is 3. The fourth-order valence-electron chi connectivity index (χ4n) is 2.17. The highest BCUT2D eigenvalue weighted by molar-refractivity contribution is 5.45. The molecule has 0 saturated carbocycles. The highest BCUT2D eigenvalue weighted by atomic mass is 15.2. The van der Waals surface area contributed by atoms with Gasteiger partial charge in [-0.15, -0.1) is 0 Å². The molecule has 1 heterocycles. The molecule has 0 atom stereocenters. The van der Waals surface area contributed by atoms with Crippen LogP contribution in [0.4, 0.5) is 5.69 Å². The van der Waals surface area contributed by atoms with Gasteiger partial charge in [-0.25, -0.2) is 0 Å². The number of benzene rings is 1. The molecule has 2 rings (SSSR count). The van der Waals surface area contributed by atoms with Gasteiger partial charge in [-0.1, -0.05) is 18.2 Å². The highest BCUT2D eigenvalue weighted by Gasteiger charge is 2.20. The van der Waals surface area contributed by atoms with Gasteiger partial charge in [0.05, 0.1) is 7.05 Å². The van der Waals surface area contributed by atoms with E-state index in [1.165, 1.54) is 31.7 Å². The van der Waals surface area contributed by atoms with E-state index in [1.54, 1.807) is 9.80 Å². The Balaban J connectivity index is 1.95. The van der Waals surface area contributed by atoms with E-state index in [2.05, 4.69) is 19.2 Å². The summed E-state index contributed by atoms with van der Waals surface area (Å²) in [7, 11) is 2.27. The van der Waals surface area contributed by atoms with Crippen LogP contribution in [0.15, 0.2) is 24.3 Å². The van der Waals surface area contributed by atoms with Gasteiger partial charge in [0.15, 0.2) is 0 Å². The Hall–Kier alpha value is -1.06. The molecule has 82 valence electrons. The van der Waals surface area contributed by atoms with Crippen molar-refractivity contribution in [1.29, 1.82) is 0 Å².